The SMILES string of the molecule is C#CC(C)(C)c1ccc(F)cc1N(C)C. The zero-order valence-corrected chi connectivity index (χ0v) is 9.63. The molecule has 0 amide bonds. The number of nitrogens with zero attached hydrogens (tertiary/aromatic N) is 1. The molecule has 0 atom stereocenters. The summed E-state index contributed by atoms with van der Waals surface area (Å²) in [6.07, 6.45) is 5.48. The van der Waals surface area contributed by atoms with Gasteiger partial charge in [-0.25, -0.2) is 4.39 Å². The molecule has 0 saturated carbocycles. The average molecular weight is 205 g/mol. The maximum atomic E-state index is 13.1. The molecule has 1 aromatic carbocycles. The molecule has 15 heavy (non-hydrogen) atoms. The topological polar surface area (TPSA) is 3.24 Å². The highest BCUT2D eigenvalue weighted by atomic mass is 19.1. The van der Waals surface area contributed by atoms with E-state index >= 15 is 0 Å². The molecule has 1 aromatic rings. The van der Waals surface area contributed by atoms with E-state index in [1.54, 1.807) is 6.07 Å². The van der Waals surface area contributed by atoms with Gasteiger partial charge in [-0.05, 0) is 31.5 Å². The molecule has 0 aliphatic heterocycles. The Bertz CT molecular complexity index is 399. The van der Waals surface area contributed by atoms with Gasteiger partial charge in [0, 0.05) is 19.8 Å². The quantitative estimate of drug-likeness (QED) is 0.671. The third-order valence-corrected chi connectivity index (χ3v) is 2.48. The van der Waals surface area contributed by atoms with Crippen molar-refractivity contribution in [2.45, 2.75) is 19.3 Å². The smallest absolute Gasteiger partial charge is 0.125 e. The predicted octanol–water partition coefficient (Wildman–Crippen LogP) is 2.80. The lowest BCUT2D eigenvalue weighted by Gasteiger charge is -2.25. The molecule has 80 valence electrons. The largest absolute Gasteiger partial charge is 0.377 e. The Labute approximate surface area is 90.9 Å². The highest BCUT2D eigenvalue weighted by Gasteiger charge is 2.22. The Hall–Kier alpha value is -1.49. The van der Waals surface area contributed by atoms with Crippen LogP contribution in [0.3, 0.4) is 0 Å². The molecular weight excluding hydrogens is 189 g/mol. The van der Waals surface area contributed by atoms with Gasteiger partial charge in [0.15, 0.2) is 0 Å². The van der Waals surface area contributed by atoms with E-state index in [1.165, 1.54) is 12.1 Å². The van der Waals surface area contributed by atoms with Gasteiger partial charge in [0.05, 0.1) is 5.41 Å². The van der Waals surface area contributed by atoms with Crippen LogP contribution in [-0.2, 0) is 5.41 Å². The molecule has 0 fully saturated rings. The van der Waals surface area contributed by atoms with Crippen molar-refractivity contribution in [1.29, 1.82) is 0 Å². The summed E-state index contributed by atoms with van der Waals surface area (Å²) in [6.45, 7) is 3.90. The second-order valence-electron chi connectivity index (χ2n) is 4.33. The molecule has 1 rings (SSSR count). The van der Waals surface area contributed by atoms with Gasteiger partial charge in [0.2, 0.25) is 0 Å². The van der Waals surface area contributed by atoms with Crippen LogP contribution in [0, 0.1) is 18.2 Å². The standard InChI is InChI=1S/C13H16FN/c1-6-13(2,3)11-8-7-10(14)9-12(11)15(4)5/h1,7-9H,2-5H3. The first-order chi connectivity index (χ1) is 6.88. The lowest BCUT2D eigenvalue weighted by Crippen LogP contribution is -2.20. The van der Waals surface area contributed by atoms with Crippen molar-refractivity contribution >= 4 is 5.69 Å². The summed E-state index contributed by atoms with van der Waals surface area (Å²) in [4.78, 5) is 1.87. The minimum absolute atomic E-state index is 0.240. The Morgan fingerprint density at radius 3 is 2.40 bits per heavy atom. The molecular formula is C13H16FN. The first-order valence-corrected chi connectivity index (χ1v) is 4.83. The normalized spacial score (nSPS) is 10.9. The summed E-state index contributed by atoms with van der Waals surface area (Å²) >= 11 is 0. The van der Waals surface area contributed by atoms with Gasteiger partial charge in [-0.1, -0.05) is 12.0 Å². The van der Waals surface area contributed by atoms with Crippen LogP contribution in [0.1, 0.15) is 19.4 Å². The van der Waals surface area contributed by atoms with Crippen LogP contribution in [0.15, 0.2) is 18.2 Å². The fourth-order valence-electron chi connectivity index (χ4n) is 1.48. The first kappa shape index (κ1) is 11.6. The predicted molar refractivity (Wildman–Crippen MR) is 62.6 cm³/mol. The lowest BCUT2D eigenvalue weighted by molar-refractivity contribution is 0.622. The van der Waals surface area contributed by atoms with Crippen LogP contribution >= 0.6 is 0 Å². The number of hydrogen-bond donors (Lipinski definition) is 0. The van der Waals surface area contributed by atoms with Crippen LogP contribution in [0.2, 0.25) is 0 Å². The van der Waals surface area contributed by atoms with Crippen molar-refractivity contribution in [3.63, 3.8) is 0 Å². The third kappa shape index (κ3) is 2.30. The molecule has 0 aliphatic carbocycles. The van der Waals surface area contributed by atoms with Crippen LogP contribution < -0.4 is 4.90 Å². The van der Waals surface area contributed by atoms with Crippen molar-refractivity contribution in [2.24, 2.45) is 0 Å². The minimum Gasteiger partial charge on any atom is -0.377 e. The van der Waals surface area contributed by atoms with Crippen LogP contribution in [0.25, 0.3) is 0 Å². The van der Waals surface area contributed by atoms with E-state index in [1.807, 2.05) is 32.8 Å². The summed E-state index contributed by atoms with van der Waals surface area (Å²) in [5.74, 6) is 2.48. The Morgan fingerprint density at radius 1 is 1.33 bits per heavy atom. The monoisotopic (exact) mass is 205 g/mol. The summed E-state index contributed by atoms with van der Waals surface area (Å²) < 4.78 is 13.1. The van der Waals surface area contributed by atoms with Crippen molar-refractivity contribution in [1.82, 2.24) is 0 Å². The van der Waals surface area contributed by atoms with Crippen molar-refractivity contribution in [3.05, 3.63) is 29.6 Å². The van der Waals surface area contributed by atoms with Gasteiger partial charge in [0.1, 0.15) is 5.82 Å². The zero-order chi connectivity index (χ0) is 11.6. The fourth-order valence-corrected chi connectivity index (χ4v) is 1.48. The van der Waals surface area contributed by atoms with Gasteiger partial charge in [-0.15, -0.1) is 6.42 Å². The van der Waals surface area contributed by atoms with Gasteiger partial charge in [-0.3, -0.25) is 0 Å². The van der Waals surface area contributed by atoms with Crippen LogP contribution in [0.4, 0.5) is 10.1 Å². The molecule has 0 unspecified atom stereocenters. The van der Waals surface area contributed by atoms with Crippen molar-refractivity contribution in [2.75, 3.05) is 19.0 Å². The fraction of sp³-hybridized carbons (Fsp3) is 0.385. The Kier molecular flexibility index (Phi) is 3.04. The van der Waals surface area contributed by atoms with Gasteiger partial charge >= 0.3 is 0 Å². The van der Waals surface area contributed by atoms with Crippen LogP contribution in [-0.4, -0.2) is 14.1 Å². The van der Waals surface area contributed by atoms with Crippen LogP contribution in [0.5, 0.6) is 0 Å². The summed E-state index contributed by atoms with van der Waals surface area (Å²) in [7, 11) is 3.76. The molecule has 0 radical (unpaired) electrons. The summed E-state index contributed by atoms with van der Waals surface area (Å²) in [5, 5.41) is 0. The maximum absolute atomic E-state index is 13.1. The number of halogens is 1. The maximum Gasteiger partial charge on any atom is 0.125 e. The molecule has 0 aliphatic rings. The van der Waals surface area contributed by atoms with Gasteiger partial charge in [-0.2, -0.15) is 0 Å². The average Bonchev–Trinajstić information content (AvgIpc) is 2.17. The Balaban J connectivity index is 3.37. The van der Waals surface area contributed by atoms with E-state index in [4.69, 9.17) is 6.42 Å². The summed E-state index contributed by atoms with van der Waals surface area (Å²) in [6, 6.07) is 4.71. The van der Waals surface area contributed by atoms with Gasteiger partial charge in [0.25, 0.3) is 0 Å². The highest BCUT2D eigenvalue weighted by Crippen LogP contribution is 2.31. The number of rotatable bonds is 2. The van der Waals surface area contributed by atoms with E-state index in [9.17, 15) is 4.39 Å². The molecule has 0 heterocycles. The summed E-state index contributed by atoms with van der Waals surface area (Å²) in [5.41, 5.74) is 1.42. The lowest BCUT2D eigenvalue weighted by atomic mass is 9.84. The van der Waals surface area contributed by atoms with E-state index < -0.39 is 0 Å². The number of benzene rings is 1. The molecule has 2 heteroatoms. The Morgan fingerprint density at radius 2 is 1.93 bits per heavy atom. The van der Waals surface area contributed by atoms with E-state index in [0.717, 1.165) is 11.3 Å². The molecule has 0 saturated heterocycles. The molecule has 0 bridgehead atoms. The van der Waals surface area contributed by atoms with E-state index in [2.05, 4.69) is 5.92 Å². The molecule has 1 nitrogen and oxygen atoms in total. The van der Waals surface area contributed by atoms with Gasteiger partial charge < -0.3 is 4.90 Å². The second kappa shape index (κ2) is 3.94. The number of anilines is 1. The van der Waals surface area contributed by atoms with Crippen molar-refractivity contribution in [3.8, 4) is 12.3 Å². The minimum atomic E-state index is -0.382. The number of hydrogen-bond acceptors (Lipinski definition) is 1. The van der Waals surface area contributed by atoms with E-state index in [-0.39, 0.29) is 11.2 Å². The van der Waals surface area contributed by atoms with Crippen molar-refractivity contribution < 1.29 is 4.39 Å². The molecule has 0 N–H and O–H groups in total. The first-order valence-electron chi connectivity index (χ1n) is 4.83. The second-order valence-corrected chi connectivity index (χ2v) is 4.33. The van der Waals surface area contributed by atoms with E-state index in [0.29, 0.717) is 0 Å². The molecule has 0 spiro atoms. The third-order valence-electron chi connectivity index (χ3n) is 2.48. The zero-order valence-electron chi connectivity index (χ0n) is 9.63. The highest BCUT2D eigenvalue weighted by molar-refractivity contribution is 5.57. The molecule has 0 aromatic heterocycles. The number of terminal acetylenes is 1.